The largest absolute Gasteiger partial charge is 0.452 e. The number of aromatic nitrogens is 4. The number of nitrogens with zero attached hydrogens (tertiary/aromatic N) is 4. The number of ether oxygens (including phenoxy) is 1. The summed E-state index contributed by atoms with van der Waals surface area (Å²) in [7, 11) is 0.809. The number of carbonyl (C=O) groups is 1. The first-order valence-corrected chi connectivity index (χ1v) is 9.22. The van der Waals surface area contributed by atoms with E-state index in [2.05, 4.69) is 14.9 Å². The van der Waals surface area contributed by atoms with Crippen LogP contribution in [0.4, 0.5) is 43.9 Å². The number of carbonyl (C=O) groups excluding carboxylic acids is 1. The lowest BCUT2D eigenvalue weighted by Crippen LogP contribution is -2.25. The van der Waals surface area contributed by atoms with E-state index in [-0.39, 0.29) is 16.7 Å². The highest BCUT2D eigenvalue weighted by atomic mass is 19.4. The van der Waals surface area contributed by atoms with Gasteiger partial charge in [0, 0.05) is 24.4 Å². The van der Waals surface area contributed by atoms with E-state index >= 15 is 0 Å². The summed E-state index contributed by atoms with van der Waals surface area (Å²) in [6, 6.07) is 5.49. The van der Waals surface area contributed by atoms with Crippen molar-refractivity contribution in [3.05, 3.63) is 59.4 Å². The number of aryl methyl sites for hydroxylation is 1. The predicted molar refractivity (Wildman–Crippen MR) is 100 cm³/mol. The molecule has 0 saturated carbocycles. The summed E-state index contributed by atoms with van der Waals surface area (Å²) >= 11 is 0. The summed E-state index contributed by atoms with van der Waals surface area (Å²) in [4.78, 5) is 11.4. The smallest absolute Gasteiger partial charge is 0.429 e. The van der Waals surface area contributed by atoms with Crippen molar-refractivity contribution in [1.82, 2.24) is 19.6 Å². The molecule has 3 rings (SSSR count). The van der Waals surface area contributed by atoms with Crippen LogP contribution in [0.25, 0.3) is 16.9 Å². The summed E-state index contributed by atoms with van der Waals surface area (Å²) in [6.45, 7) is 0. The molecule has 17 heteroatoms. The van der Waals surface area contributed by atoms with E-state index in [0.29, 0.717) is 9.36 Å². The van der Waals surface area contributed by atoms with E-state index in [9.17, 15) is 48.7 Å². The van der Waals surface area contributed by atoms with Gasteiger partial charge in [-0.25, -0.2) is 9.36 Å². The van der Waals surface area contributed by atoms with Crippen LogP contribution in [-0.4, -0.2) is 37.8 Å². The van der Waals surface area contributed by atoms with E-state index in [4.69, 9.17) is 5.73 Å². The van der Waals surface area contributed by atoms with Crippen LogP contribution in [0.1, 0.15) is 15.9 Å². The maximum Gasteiger partial charge on any atom is 0.452 e. The van der Waals surface area contributed by atoms with Crippen molar-refractivity contribution in [2.45, 2.75) is 18.5 Å². The van der Waals surface area contributed by atoms with Crippen LogP contribution in [0, 0.1) is 0 Å². The third-order valence-corrected chi connectivity index (χ3v) is 4.45. The fourth-order valence-electron chi connectivity index (χ4n) is 2.97. The van der Waals surface area contributed by atoms with Crippen LogP contribution < -0.4 is 10.5 Å². The number of hydrogen-bond donors (Lipinski definition) is 1. The molecule has 3 aromatic rings. The molecule has 0 atom stereocenters. The number of rotatable bonds is 5. The van der Waals surface area contributed by atoms with Crippen LogP contribution in [0.15, 0.2) is 48.2 Å². The Hall–Kier alpha value is -4.05. The Morgan fingerprint density at radius 2 is 1.64 bits per heavy atom. The highest BCUT2D eigenvalue weighted by Gasteiger charge is 2.51. The SMILES string of the molecule is Cn1nc(O/C(=C(/F)C(F)(F)F)C(F)(F)F)c(C(F)(F)F)c1-n1cc(-c2cccc(C(N)=O)c2)cn1. The summed E-state index contributed by atoms with van der Waals surface area (Å²) in [6.07, 6.45) is -15.9. The number of nitrogens with two attached hydrogens (primary N) is 1. The monoisotopic (exact) mass is 531 g/mol. The Labute approximate surface area is 193 Å². The molecule has 194 valence electrons. The lowest BCUT2D eigenvalue weighted by Gasteiger charge is -2.16. The number of allylic oxidation sites excluding steroid dienone is 2. The Balaban J connectivity index is 2.17. The van der Waals surface area contributed by atoms with Gasteiger partial charge in [-0.15, -0.1) is 5.10 Å². The number of primary amides is 1. The topological polar surface area (TPSA) is 88.0 Å². The van der Waals surface area contributed by atoms with Gasteiger partial charge in [0.25, 0.3) is 17.5 Å². The summed E-state index contributed by atoms with van der Waals surface area (Å²) in [5.41, 5.74) is 3.54. The molecule has 0 fully saturated rings. The Kier molecular flexibility index (Phi) is 6.54. The molecular weight excluding hydrogens is 520 g/mol. The Morgan fingerprint density at radius 3 is 2.17 bits per heavy atom. The maximum absolute atomic E-state index is 13.8. The number of hydrogen-bond acceptors (Lipinski definition) is 4. The Morgan fingerprint density at radius 1 is 1.00 bits per heavy atom. The zero-order valence-corrected chi connectivity index (χ0v) is 17.4. The van der Waals surface area contributed by atoms with Crippen LogP contribution in [0.3, 0.4) is 0 Å². The lowest BCUT2D eigenvalue weighted by molar-refractivity contribution is -0.149. The second kappa shape index (κ2) is 8.87. The quantitative estimate of drug-likeness (QED) is 0.368. The molecule has 0 spiro atoms. The average Bonchev–Trinajstić information content (AvgIpc) is 3.34. The third kappa shape index (κ3) is 5.28. The number of amides is 1. The molecule has 1 amide bonds. The molecule has 0 saturated heterocycles. The lowest BCUT2D eigenvalue weighted by atomic mass is 10.1. The van der Waals surface area contributed by atoms with Crippen molar-refractivity contribution in [3.63, 3.8) is 0 Å². The van der Waals surface area contributed by atoms with Gasteiger partial charge in [0.1, 0.15) is 0 Å². The van der Waals surface area contributed by atoms with Crippen molar-refractivity contribution in [1.29, 1.82) is 0 Å². The van der Waals surface area contributed by atoms with Crippen molar-refractivity contribution < 1.29 is 53.4 Å². The van der Waals surface area contributed by atoms with Gasteiger partial charge >= 0.3 is 18.5 Å². The number of halogens is 10. The van der Waals surface area contributed by atoms with E-state index in [1.807, 2.05) is 0 Å². The average molecular weight is 531 g/mol. The minimum atomic E-state index is -6.21. The maximum atomic E-state index is 13.8. The first-order valence-electron chi connectivity index (χ1n) is 9.22. The minimum Gasteiger partial charge on any atom is -0.429 e. The molecule has 0 radical (unpaired) electrons. The summed E-state index contributed by atoms with van der Waals surface area (Å²) < 4.78 is 136. The van der Waals surface area contributed by atoms with Crippen LogP contribution in [0.5, 0.6) is 5.88 Å². The molecule has 0 bridgehead atoms. The molecule has 7 nitrogen and oxygen atoms in total. The fraction of sp³-hybridized carbons (Fsp3) is 0.211. The standard InChI is InChI=1S/C19H11F10N5O2/c1-33-16(34-7-10(6-31-34)8-3-2-4-9(5-8)14(30)35)11(17(21,22)23)15(32-33)36-13(19(27,28)29)12(20)18(24,25)26/h2-7H,1H3,(H2,30,35)/b13-12+. The predicted octanol–water partition coefficient (Wildman–Crippen LogP) is 5.08. The van der Waals surface area contributed by atoms with E-state index < -0.39 is 53.3 Å². The van der Waals surface area contributed by atoms with Crippen LogP contribution in [-0.2, 0) is 13.2 Å². The van der Waals surface area contributed by atoms with E-state index in [0.717, 1.165) is 19.4 Å². The molecule has 1 aromatic carbocycles. The van der Waals surface area contributed by atoms with Gasteiger partial charge in [0.05, 0.1) is 6.20 Å². The molecule has 0 aliphatic rings. The molecule has 2 N–H and O–H groups in total. The van der Waals surface area contributed by atoms with Gasteiger partial charge in [-0.2, -0.15) is 49.0 Å². The fourth-order valence-corrected chi connectivity index (χ4v) is 2.97. The van der Waals surface area contributed by atoms with E-state index in [1.54, 1.807) is 0 Å². The molecular formula is C19H11F10N5O2. The van der Waals surface area contributed by atoms with Crippen LogP contribution >= 0.6 is 0 Å². The normalized spacial score (nSPS) is 13.5. The molecule has 0 aliphatic carbocycles. The highest BCUT2D eigenvalue weighted by Crippen LogP contribution is 2.44. The van der Waals surface area contributed by atoms with Crippen molar-refractivity contribution in [3.8, 4) is 22.8 Å². The van der Waals surface area contributed by atoms with Gasteiger partial charge in [0.15, 0.2) is 11.4 Å². The Bertz CT molecular complexity index is 1330. The number of alkyl halides is 9. The first kappa shape index (κ1) is 26.6. The summed E-state index contributed by atoms with van der Waals surface area (Å²) in [5, 5.41) is 6.76. The second-order valence-electron chi connectivity index (χ2n) is 6.98. The van der Waals surface area contributed by atoms with Crippen molar-refractivity contribution in [2.75, 3.05) is 0 Å². The zero-order chi connectivity index (χ0) is 27.2. The molecule has 0 unspecified atom stereocenters. The molecule has 2 aromatic heterocycles. The van der Waals surface area contributed by atoms with Gasteiger partial charge in [-0.3, -0.25) is 4.79 Å². The molecule has 36 heavy (non-hydrogen) atoms. The van der Waals surface area contributed by atoms with E-state index in [1.165, 1.54) is 24.3 Å². The third-order valence-electron chi connectivity index (χ3n) is 4.45. The number of benzene rings is 1. The van der Waals surface area contributed by atoms with Crippen molar-refractivity contribution >= 4 is 5.91 Å². The van der Waals surface area contributed by atoms with Crippen LogP contribution in [0.2, 0.25) is 0 Å². The van der Waals surface area contributed by atoms with Gasteiger partial charge in [0.2, 0.25) is 5.91 Å². The van der Waals surface area contributed by atoms with Crippen molar-refractivity contribution in [2.24, 2.45) is 12.8 Å². The highest BCUT2D eigenvalue weighted by molar-refractivity contribution is 5.94. The molecule has 0 aliphatic heterocycles. The minimum absolute atomic E-state index is 0.0469. The first-order chi connectivity index (χ1) is 16.4. The second-order valence-corrected chi connectivity index (χ2v) is 6.98. The summed E-state index contributed by atoms with van der Waals surface area (Å²) in [5.74, 6) is -11.0. The van der Waals surface area contributed by atoms with Gasteiger partial charge in [-0.05, 0) is 17.7 Å². The zero-order valence-electron chi connectivity index (χ0n) is 17.4. The van der Waals surface area contributed by atoms with Gasteiger partial charge in [-0.1, -0.05) is 12.1 Å². The molecule has 2 heterocycles. The van der Waals surface area contributed by atoms with Gasteiger partial charge < -0.3 is 10.5 Å².